The first-order valence-electron chi connectivity index (χ1n) is 6.59. The third-order valence-corrected chi connectivity index (χ3v) is 4.03. The fourth-order valence-electron chi connectivity index (χ4n) is 2.74. The van der Waals surface area contributed by atoms with Crippen molar-refractivity contribution in [1.29, 1.82) is 0 Å². The maximum absolute atomic E-state index is 9.50. The number of fused-ring (bicyclic) bond motifs is 1. The Morgan fingerprint density at radius 3 is 3.00 bits per heavy atom. The average molecular weight is 232 g/mol. The molecule has 1 aromatic rings. The molecule has 1 saturated carbocycles. The average Bonchev–Trinajstić information content (AvgIpc) is 2.26. The number of aromatic hydroxyl groups is 1. The molecule has 1 aromatic carbocycles. The summed E-state index contributed by atoms with van der Waals surface area (Å²) in [7, 11) is 0. The summed E-state index contributed by atoms with van der Waals surface area (Å²) in [6.45, 7) is 2.97. The number of rotatable bonds is 3. The Balaban J connectivity index is 1.69. The van der Waals surface area contributed by atoms with Gasteiger partial charge in [0.05, 0.1) is 0 Å². The van der Waals surface area contributed by atoms with E-state index in [0.717, 1.165) is 25.7 Å². The molecule has 0 bridgehead atoms. The molecule has 2 aliphatic rings. The van der Waals surface area contributed by atoms with Gasteiger partial charge in [0.1, 0.15) is 5.75 Å². The first-order chi connectivity index (χ1) is 8.33. The number of phenolic OH excluding ortho intramolecular Hbond substituents is 1. The van der Waals surface area contributed by atoms with Gasteiger partial charge in [0.2, 0.25) is 0 Å². The van der Waals surface area contributed by atoms with Crippen LogP contribution in [0.3, 0.4) is 0 Å². The van der Waals surface area contributed by atoms with E-state index in [1.165, 1.54) is 30.4 Å². The molecule has 1 unspecified atom stereocenters. The van der Waals surface area contributed by atoms with E-state index in [2.05, 4.69) is 16.7 Å². The van der Waals surface area contributed by atoms with E-state index in [-0.39, 0.29) is 0 Å². The number of hydrogen-bond acceptors (Lipinski definition) is 3. The summed E-state index contributed by atoms with van der Waals surface area (Å²) < 4.78 is 0. The van der Waals surface area contributed by atoms with Gasteiger partial charge in [-0.2, -0.15) is 0 Å². The van der Waals surface area contributed by atoms with E-state index in [0.29, 0.717) is 11.7 Å². The molecule has 3 nitrogen and oxygen atoms in total. The normalized spacial score (nSPS) is 24.1. The maximum Gasteiger partial charge on any atom is 0.115 e. The molecular weight excluding hydrogens is 212 g/mol. The highest BCUT2D eigenvalue weighted by molar-refractivity contribution is 5.38. The van der Waals surface area contributed by atoms with E-state index in [1.807, 2.05) is 6.07 Å². The third kappa shape index (κ3) is 2.31. The highest BCUT2D eigenvalue weighted by atomic mass is 16.3. The topological polar surface area (TPSA) is 44.3 Å². The largest absolute Gasteiger partial charge is 0.508 e. The Hall–Kier alpha value is -1.06. The van der Waals surface area contributed by atoms with Gasteiger partial charge in [0.15, 0.2) is 0 Å². The minimum absolute atomic E-state index is 0.373. The van der Waals surface area contributed by atoms with Crippen LogP contribution in [0.15, 0.2) is 18.2 Å². The molecule has 0 aromatic heterocycles. The molecule has 3 rings (SSSR count). The van der Waals surface area contributed by atoms with Crippen LogP contribution in [0.2, 0.25) is 0 Å². The summed E-state index contributed by atoms with van der Waals surface area (Å²) in [5.41, 5.74) is 2.64. The lowest BCUT2D eigenvalue weighted by Crippen LogP contribution is -2.41. The van der Waals surface area contributed by atoms with Crippen molar-refractivity contribution in [3.05, 3.63) is 29.3 Å². The van der Waals surface area contributed by atoms with Gasteiger partial charge in [-0.25, -0.2) is 0 Å². The number of phenols is 1. The Morgan fingerprint density at radius 1 is 1.35 bits per heavy atom. The Morgan fingerprint density at radius 2 is 2.24 bits per heavy atom. The van der Waals surface area contributed by atoms with Crippen LogP contribution in [-0.2, 0) is 6.54 Å². The van der Waals surface area contributed by atoms with Crippen LogP contribution in [0.1, 0.15) is 36.3 Å². The molecule has 0 amide bonds. The highest BCUT2D eigenvalue weighted by Gasteiger charge is 2.23. The minimum atomic E-state index is 0.373. The molecule has 17 heavy (non-hydrogen) atoms. The minimum Gasteiger partial charge on any atom is -0.508 e. The SMILES string of the molecule is Oc1ccc2c(c1)CNCC2CNC1CCC1. The monoisotopic (exact) mass is 232 g/mol. The molecule has 0 radical (unpaired) electrons. The van der Waals surface area contributed by atoms with Crippen molar-refractivity contribution >= 4 is 0 Å². The molecule has 1 fully saturated rings. The Bertz CT molecular complexity index is 401. The van der Waals surface area contributed by atoms with Crippen molar-refractivity contribution in [2.45, 2.75) is 37.8 Å². The molecular formula is C14H20N2O. The molecule has 0 spiro atoms. The zero-order chi connectivity index (χ0) is 11.7. The van der Waals surface area contributed by atoms with E-state index >= 15 is 0 Å². The summed E-state index contributed by atoms with van der Waals surface area (Å²) in [6, 6.07) is 6.52. The van der Waals surface area contributed by atoms with Crippen molar-refractivity contribution in [1.82, 2.24) is 10.6 Å². The lowest BCUT2D eigenvalue weighted by atomic mass is 9.88. The van der Waals surface area contributed by atoms with Crippen molar-refractivity contribution in [2.24, 2.45) is 0 Å². The first kappa shape index (κ1) is 11.1. The van der Waals surface area contributed by atoms with Crippen LogP contribution in [-0.4, -0.2) is 24.2 Å². The number of benzene rings is 1. The zero-order valence-electron chi connectivity index (χ0n) is 10.1. The fourth-order valence-corrected chi connectivity index (χ4v) is 2.74. The molecule has 1 aliphatic carbocycles. The molecule has 1 heterocycles. The Labute approximate surface area is 102 Å². The summed E-state index contributed by atoms with van der Waals surface area (Å²) in [5.74, 6) is 0.915. The lowest BCUT2D eigenvalue weighted by molar-refractivity contribution is 0.327. The molecule has 92 valence electrons. The standard InChI is InChI=1S/C14H20N2O/c17-13-4-5-14-10(6-13)7-15-8-11(14)9-16-12-2-1-3-12/h4-6,11-12,15-17H,1-3,7-9H2. The van der Waals surface area contributed by atoms with Crippen LogP contribution in [0.25, 0.3) is 0 Å². The molecule has 3 heteroatoms. The smallest absolute Gasteiger partial charge is 0.115 e. The Kier molecular flexibility index (Phi) is 3.04. The second-order valence-corrected chi connectivity index (χ2v) is 5.25. The van der Waals surface area contributed by atoms with Crippen LogP contribution in [0.4, 0.5) is 0 Å². The summed E-state index contributed by atoms with van der Waals surface area (Å²) in [5, 5.41) is 16.6. The van der Waals surface area contributed by atoms with Crippen LogP contribution in [0.5, 0.6) is 5.75 Å². The second-order valence-electron chi connectivity index (χ2n) is 5.25. The van der Waals surface area contributed by atoms with Crippen molar-refractivity contribution in [3.8, 4) is 5.75 Å². The van der Waals surface area contributed by atoms with Gasteiger partial charge in [-0.3, -0.25) is 0 Å². The highest BCUT2D eigenvalue weighted by Crippen LogP contribution is 2.27. The number of hydrogen-bond donors (Lipinski definition) is 3. The quantitative estimate of drug-likeness (QED) is 0.743. The third-order valence-electron chi connectivity index (χ3n) is 4.03. The van der Waals surface area contributed by atoms with Crippen molar-refractivity contribution < 1.29 is 5.11 Å². The summed E-state index contributed by atoms with van der Waals surface area (Å²) in [4.78, 5) is 0. The van der Waals surface area contributed by atoms with Crippen LogP contribution >= 0.6 is 0 Å². The second kappa shape index (κ2) is 4.67. The summed E-state index contributed by atoms with van der Waals surface area (Å²) >= 11 is 0. The van der Waals surface area contributed by atoms with Gasteiger partial charge in [0.25, 0.3) is 0 Å². The van der Waals surface area contributed by atoms with Crippen molar-refractivity contribution in [3.63, 3.8) is 0 Å². The van der Waals surface area contributed by atoms with Gasteiger partial charge >= 0.3 is 0 Å². The van der Waals surface area contributed by atoms with Crippen molar-refractivity contribution in [2.75, 3.05) is 13.1 Å². The van der Waals surface area contributed by atoms with E-state index in [9.17, 15) is 5.11 Å². The van der Waals surface area contributed by atoms with Gasteiger partial charge < -0.3 is 15.7 Å². The van der Waals surface area contributed by atoms with Gasteiger partial charge in [0, 0.05) is 31.6 Å². The van der Waals surface area contributed by atoms with Gasteiger partial charge in [-0.15, -0.1) is 0 Å². The molecule has 0 saturated heterocycles. The molecule has 3 N–H and O–H groups in total. The maximum atomic E-state index is 9.50. The fraction of sp³-hybridized carbons (Fsp3) is 0.571. The first-order valence-corrected chi connectivity index (χ1v) is 6.59. The number of nitrogens with one attached hydrogen (secondary N) is 2. The predicted octanol–water partition coefficient (Wildman–Crippen LogP) is 1.72. The molecule has 1 aliphatic heterocycles. The van der Waals surface area contributed by atoms with Crippen LogP contribution in [0, 0.1) is 0 Å². The van der Waals surface area contributed by atoms with E-state index in [1.54, 1.807) is 6.07 Å². The van der Waals surface area contributed by atoms with E-state index < -0.39 is 0 Å². The van der Waals surface area contributed by atoms with E-state index in [4.69, 9.17) is 0 Å². The van der Waals surface area contributed by atoms with Gasteiger partial charge in [-0.05, 0) is 36.1 Å². The predicted molar refractivity (Wildman–Crippen MR) is 68.2 cm³/mol. The summed E-state index contributed by atoms with van der Waals surface area (Å²) in [6.07, 6.45) is 4.05. The molecule has 1 atom stereocenters. The zero-order valence-corrected chi connectivity index (χ0v) is 10.1. The van der Waals surface area contributed by atoms with Gasteiger partial charge in [-0.1, -0.05) is 12.5 Å². The van der Waals surface area contributed by atoms with Crippen LogP contribution < -0.4 is 10.6 Å². The lowest BCUT2D eigenvalue weighted by Gasteiger charge is -2.31.